The Balaban J connectivity index is 2.20. The van der Waals surface area contributed by atoms with E-state index in [1.807, 2.05) is 30.3 Å². The van der Waals surface area contributed by atoms with Crippen molar-refractivity contribution < 1.29 is 15.0 Å². The van der Waals surface area contributed by atoms with Crippen LogP contribution in [0.4, 0.5) is 0 Å². The molecule has 0 spiro atoms. The summed E-state index contributed by atoms with van der Waals surface area (Å²) in [5.74, 6) is -1.16. The Morgan fingerprint density at radius 2 is 1.55 bits per heavy atom. The standard InChI is InChI=1S/C16H15NO3/c18-15(13-9-5-2-6-10-13)14(16(19)20)17-11-12-7-3-1-4-8-12/h1-11,14-15,18H,(H,19,20)/t14-,15+/m0/s1. The number of aliphatic hydroxyl groups is 1. The second-order valence-corrected chi connectivity index (χ2v) is 4.33. The van der Waals surface area contributed by atoms with E-state index in [1.54, 1.807) is 30.3 Å². The zero-order valence-corrected chi connectivity index (χ0v) is 10.8. The molecule has 0 aromatic heterocycles. The lowest BCUT2D eigenvalue weighted by molar-refractivity contribution is -0.141. The van der Waals surface area contributed by atoms with Crippen LogP contribution in [0.3, 0.4) is 0 Å². The maximum Gasteiger partial charge on any atom is 0.331 e. The quantitative estimate of drug-likeness (QED) is 0.818. The van der Waals surface area contributed by atoms with Crippen molar-refractivity contribution in [3.8, 4) is 0 Å². The third-order valence-corrected chi connectivity index (χ3v) is 2.88. The lowest BCUT2D eigenvalue weighted by Gasteiger charge is -2.15. The van der Waals surface area contributed by atoms with Crippen molar-refractivity contribution in [2.75, 3.05) is 0 Å². The van der Waals surface area contributed by atoms with E-state index in [9.17, 15) is 15.0 Å². The van der Waals surface area contributed by atoms with E-state index >= 15 is 0 Å². The SMILES string of the molecule is O=C(O)[C@@H](N=Cc1ccccc1)[C@H](O)c1ccccc1. The van der Waals surface area contributed by atoms with Gasteiger partial charge in [0.05, 0.1) is 0 Å². The molecule has 0 heterocycles. The van der Waals surface area contributed by atoms with Crippen LogP contribution >= 0.6 is 0 Å². The first-order valence-corrected chi connectivity index (χ1v) is 6.22. The first kappa shape index (κ1) is 14.0. The third kappa shape index (κ3) is 3.52. The summed E-state index contributed by atoms with van der Waals surface area (Å²) in [7, 11) is 0. The summed E-state index contributed by atoms with van der Waals surface area (Å²) in [5, 5.41) is 19.3. The molecule has 4 nitrogen and oxygen atoms in total. The summed E-state index contributed by atoms with van der Waals surface area (Å²) in [4.78, 5) is 15.3. The van der Waals surface area contributed by atoms with Crippen molar-refractivity contribution in [3.05, 3.63) is 71.8 Å². The van der Waals surface area contributed by atoms with Gasteiger partial charge in [-0.05, 0) is 11.1 Å². The Kier molecular flexibility index (Phi) is 4.63. The fourth-order valence-corrected chi connectivity index (χ4v) is 1.82. The van der Waals surface area contributed by atoms with Crippen molar-refractivity contribution in [2.45, 2.75) is 12.1 Å². The molecule has 2 rings (SSSR count). The van der Waals surface area contributed by atoms with Gasteiger partial charge < -0.3 is 10.2 Å². The number of hydrogen-bond acceptors (Lipinski definition) is 3. The molecular weight excluding hydrogens is 254 g/mol. The van der Waals surface area contributed by atoms with Crippen LogP contribution in [0, 0.1) is 0 Å². The van der Waals surface area contributed by atoms with Gasteiger partial charge in [-0.25, -0.2) is 4.79 Å². The second kappa shape index (κ2) is 6.63. The summed E-state index contributed by atoms with van der Waals surface area (Å²) in [6, 6.07) is 16.6. The zero-order valence-electron chi connectivity index (χ0n) is 10.8. The highest BCUT2D eigenvalue weighted by atomic mass is 16.4. The van der Waals surface area contributed by atoms with Gasteiger partial charge in [0.2, 0.25) is 0 Å². The Morgan fingerprint density at radius 1 is 1.00 bits per heavy atom. The van der Waals surface area contributed by atoms with Gasteiger partial charge in [-0.15, -0.1) is 0 Å². The van der Waals surface area contributed by atoms with Crippen molar-refractivity contribution in [1.82, 2.24) is 0 Å². The van der Waals surface area contributed by atoms with Crippen LogP contribution in [0.5, 0.6) is 0 Å². The molecule has 0 bridgehead atoms. The predicted molar refractivity (Wildman–Crippen MR) is 76.9 cm³/mol. The van der Waals surface area contributed by atoms with Crippen molar-refractivity contribution >= 4 is 12.2 Å². The molecule has 0 saturated carbocycles. The molecular formula is C16H15NO3. The zero-order chi connectivity index (χ0) is 14.4. The highest BCUT2D eigenvalue weighted by Gasteiger charge is 2.26. The molecule has 0 aliphatic carbocycles. The second-order valence-electron chi connectivity index (χ2n) is 4.33. The number of aliphatic hydroxyl groups excluding tert-OH is 1. The highest BCUT2D eigenvalue weighted by molar-refractivity contribution is 5.83. The maximum atomic E-state index is 11.3. The fourth-order valence-electron chi connectivity index (χ4n) is 1.82. The molecule has 0 aliphatic heterocycles. The van der Waals surface area contributed by atoms with E-state index in [0.717, 1.165) is 5.56 Å². The van der Waals surface area contributed by atoms with Crippen LogP contribution in [0.2, 0.25) is 0 Å². The number of carboxylic acids is 1. The van der Waals surface area contributed by atoms with Gasteiger partial charge in [-0.3, -0.25) is 4.99 Å². The Morgan fingerprint density at radius 3 is 2.10 bits per heavy atom. The molecule has 0 saturated heterocycles. The number of nitrogens with zero attached hydrogens (tertiary/aromatic N) is 1. The Labute approximate surface area is 117 Å². The van der Waals surface area contributed by atoms with E-state index < -0.39 is 18.1 Å². The molecule has 102 valence electrons. The van der Waals surface area contributed by atoms with Gasteiger partial charge in [-0.1, -0.05) is 60.7 Å². The van der Waals surface area contributed by atoms with Crippen molar-refractivity contribution in [3.63, 3.8) is 0 Å². The fraction of sp³-hybridized carbons (Fsp3) is 0.125. The minimum absolute atomic E-state index is 0.533. The molecule has 2 aromatic rings. The van der Waals surface area contributed by atoms with E-state index in [2.05, 4.69) is 4.99 Å². The van der Waals surface area contributed by atoms with Crippen LogP contribution in [0.1, 0.15) is 17.2 Å². The number of rotatable bonds is 5. The molecule has 0 unspecified atom stereocenters. The minimum atomic E-state index is -1.22. The lowest BCUT2D eigenvalue weighted by atomic mass is 10.0. The summed E-state index contributed by atoms with van der Waals surface area (Å²) in [6.45, 7) is 0. The minimum Gasteiger partial charge on any atom is -0.480 e. The first-order valence-electron chi connectivity index (χ1n) is 6.22. The maximum absolute atomic E-state index is 11.3. The Bertz CT molecular complexity index is 581. The molecule has 0 aliphatic rings. The molecule has 0 amide bonds. The summed E-state index contributed by atoms with van der Waals surface area (Å²) >= 11 is 0. The number of aliphatic imine (C=N–C) groups is 1. The molecule has 4 heteroatoms. The summed E-state index contributed by atoms with van der Waals surface area (Å²) in [6.07, 6.45) is 0.291. The molecule has 20 heavy (non-hydrogen) atoms. The number of benzene rings is 2. The smallest absolute Gasteiger partial charge is 0.331 e. The number of hydrogen-bond donors (Lipinski definition) is 2. The van der Waals surface area contributed by atoms with Crippen LogP contribution < -0.4 is 0 Å². The topological polar surface area (TPSA) is 69.9 Å². The van der Waals surface area contributed by atoms with Crippen LogP contribution in [-0.2, 0) is 4.79 Å². The van der Waals surface area contributed by atoms with Gasteiger partial charge >= 0.3 is 5.97 Å². The normalized spacial score (nSPS) is 14.1. The molecule has 0 radical (unpaired) electrons. The number of carboxylic acid groups (broad SMARTS) is 1. The van der Waals surface area contributed by atoms with Gasteiger partial charge in [0, 0.05) is 6.21 Å². The average Bonchev–Trinajstić information content (AvgIpc) is 2.49. The van der Waals surface area contributed by atoms with Crippen LogP contribution in [0.15, 0.2) is 65.7 Å². The lowest BCUT2D eigenvalue weighted by Crippen LogP contribution is -2.26. The molecule has 2 aromatic carbocycles. The molecule has 2 N–H and O–H groups in total. The van der Waals surface area contributed by atoms with E-state index in [1.165, 1.54) is 6.21 Å². The Hall–Kier alpha value is -2.46. The first-order chi connectivity index (χ1) is 9.68. The van der Waals surface area contributed by atoms with Crippen LogP contribution in [0.25, 0.3) is 0 Å². The van der Waals surface area contributed by atoms with E-state index in [-0.39, 0.29) is 0 Å². The number of carbonyl (C=O) groups is 1. The number of aliphatic carboxylic acids is 1. The van der Waals surface area contributed by atoms with Gasteiger partial charge in [0.25, 0.3) is 0 Å². The van der Waals surface area contributed by atoms with Gasteiger partial charge in [0.1, 0.15) is 6.10 Å². The van der Waals surface area contributed by atoms with Crippen molar-refractivity contribution in [2.24, 2.45) is 4.99 Å². The van der Waals surface area contributed by atoms with Crippen molar-refractivity contribution in [1.29, 1.82) is 0 Å². The van der Waals surface area contributed by atoms with Gasteiger partial charge in [0.15, 0.2) is 6.04 Å². The summed E-state index contributed by atoms with van der Waals surface area (Å²) < 4.78 is 0. The monoisotopic (exact) mass is 269 g/mol. The highest BCUT2D eigenvalue weighted by Crippen LogP contribution is 2.19. The average molecular weight is 269 g/mol. The largest absolute Gasteiger partial charge is 0.480 e. The van der Waals surface area contributed by atoms with Crippen LogP contribution in [-0.4, -0.2) is 28.4 Å². The van der Waals surface area contributed by atoms with Gasteiger partial charge in [-0.2, -0.15) is 0 Å². The van der Waals surface area contributed by atoms with E-state index in [0.29, 0.717) is 5.56 Å². The van der Waals surface area contributed by atoms with E-state index in [4.69, 9.17) is 0 Å². The molecule has 0 fully saturated rings. The molecule has 2 atom stereocenters. The summed E-state index contributed by atoms with van der Waals surface area (Å²) in [5.41, 5.74) is 1.32. The predicted octanol–water partition coefficient (Wildman–Crippen LogP) is 2.29. The third-order valence-electron chi connectivity index (χ3n) is 2.88.